The standard InChI is InChI=1S/C21H23B2N/c1-15(2)21(22,23)19-10-6-9-17(13-19)18-11-12-20(24-14-18)16-7-4-3-5-8-16/h3-15H,22-23H2,1-2H3. The largest absolute Gasteiger partial charge is 0.256 e. The molecule has 118 valence electrons. The topological polar surface area (TPSA) is 12.9 Å². The van der Waals surface area contributed by atoms with Gasteiger partial charge >= 0.3 is 0 Å². The van der Waals surface area contributed by atoms with Crippen molar-refractivity contribution in [2.75, 3.05) is 0 Å². The van der Waals surface area contributed by atoms with Crippen LogP contribution in [0.3, 0.4) is 0 Å². The van der Waals surface area contributed by atoms with Crippen LogP contribution < -0.4 is 0 Å². The van der Waals surface area contributed by atoms with Gasteiger partial charge in [0, 0.05) is 17.3 Å². The highest BCUT2D eigenvalue weighted by atomic mass is 14.7. The van der Waals surface area contributed by atoms with Crippen LogP contribution in [0.1, 0.15) is 19.4 Å². The fourth-order valence-electron chi connectivity index (χ4n) is 2.78. The average molecular weight is 311 g/mol. The molecule has 0 spiro atoms. The maximum absolute atomic E-state index is 4.65. The Balaban J connectivity index is 1.93. The third kappa shape index (κ3) is 3.31. The van der Waals surface area contributed by atoms with Gasteiger partial charge in [0.1, 0.15) is 15.7 Å². The first-order valence-electron chi connectivity index (χ1n) is 8.61. The molecule has 1 heterocycles. The van der Waals surface area contributed by atoms with Crippen molar-refractivity contribution in [2.45, 2.75) is 19.1 Å². The number of nitrogens with zero attached hydrogens (tertiary/aromatic N) is 1. The lowest BCUT2D eigenvalue weighted by Gasteiger charge is -2.30. The Bertz CT molecular complexity index is 809. The Morgan fingerprint density at radius 1 is 0.792 bits per heavy atom. The Morgan fingerprint density at radius 3 is 2.12 bits per heavy atom. The minimum atomic E-state index is 0.160. The molecule has 0 fully saturated rings. The third-order valence-electron chi connectivity index (χ3n) is 5.22. The second-order valence-electron chi connectivity index (χ2n) is 7.26. The van der Waals surface area contributed by atoms with Crippen molar-refractivity contribution in [3.63, 3.8) is 0 Å². The van der Waals surface area contributed by atoms with Gasteiger partial charge in [-0.15, -0.1) is 0 Å². The van der Waals surface area contributed by atoms with Crippen molar-refractivity contribution in [2.24, 2.45) is 5.92 Å². The normalized spacial score (nSPS) is 11.6. The van der Waals surface area contributed by atoms with E-state index in [0.29, 0.717) is 5.92 Å². The zero-order valence-electron chi connectivity index (χ0n) is 15.0. The molecule has 3 heteroatoms. The Morgan fingerprint density at radius 2 is 1.50 bits per heavy atom. The van der Waals surface area contributed by atoms with Crippen molar-refractivity contribution in [3.05, 3.63) is 78.5 Å². The molecule has 24 heavy (non-hydrogen) atoms. The molecule has 0 saturated heterocycles. The summed E-state index contributed by atoms with van der Waals surface area (Å²) in [6.45, 7) is 4.56. The molecule has 3 aromatic rings. The van der Waals surface area contributed by atoms with E-state index in [4.69, 9.17) is 0 Å². The smallest absolute Gasteiger partial charge is 0.105 e. The molecule has 0 saturated carbocycles. The molecule has 0 N–H and O–H groups in total. The van der Waals surface area contributed by atoms with E-state index < -0.39 is 0 Å². The Hall–Kier alpha value is -2.28. The fourth-order valence-corrected chi connectivity index (χ4v) is 2.78. The fraction of sp³-hybridized carbons (Fsp3) is 0.190. The zero-order chi connectivity index (χ0) is 17.2. The maximum Gasteiger partial charge on any atom is 0.105 e. The van der Waals surface area contributed by atoms with Gasteiger partial charge in [0.05, 0.1) is 5.69 Å². The van der Waals surface area contributed by atoms with Crippen LogP contribution in [0, 0.1) is 5.92 Å². The molecule has 0 unspecified atom stereocenters. The van der Waals surface area contributed by atoms with Crippen LogP contribution in [0.4, 0.5) is 0 Å². The summed E-state index contributed by atoms with van der Waals surface area (Å²) in [5, 5.41) is 0.160. The Kier molecular flexibility index (Phi) is 4.62. The van der Waals surface area contributed by atoms with Gasteiger partial charge in [-0.2, -0.15) is 0 Å². The number of pyridine rings is 1. The molecule has 0 aliphatic carbocycles. The molecule has 0 atom stereocenters. The summed E-state index contributed by atoms with van der Waals surface area (Å²) in [5.41, 5.74) is 5.93. The first-order chi connectivity index (χ1) is 11.5. The molecule has 0 bridgehead atoms. The van der Waals surface area contributed by atoms with Gasteiger partial charge in [0.15, 0.2) is 0 Å². The highest BCUT2D eigenvalue weighted by Crippen LogP contribution is 2.29. The van der Waals surface area contributed by atoms with E-state index in [1.165, 1.54) is 11.1 Å². The monoisotopic (exact) mass is 311 g/mol. The van der Waals surface area contributed by atoms with Crippen LogP contribution in [-0.4, -0.2) is 20.7 Å². The molecule has 0 aliphatic rings. The van der Waals surface area contributed by atoms with Gasteiger partial charge < -0.3 is 0 Å². The first kappa shape index (κ1) is 16.6. The van der Waals surface area contributed by atoms with E-state index in [1.54, 1.807) is 0 Å². The van der Waals surface area contributed by atoms with E-state index in [1.807, 2.05) is 24.4 Å². The lowest BCUT2D eigenvalue weighted by Crippen LogP contribution is -2.33. The Labute approximate surface area is 147 Å². The number of aromatic nitrogens is 1. The quantitative estimate of drug-likeness (QED) is 0.672. The first-order valence-corrected chi connectivity index (χ1v) is 8.61. The SMILES string of the molecule is BC(B)(c1cccc(-c2ccc(-c3ccccc3)nc2)c1)C(C)C. The van der Waals surface area contributed by atoms with Gasteiger partial charge in [0.2, 0.25) is 0 Å². The molecular weight excluding hydrogens is 288 g/mol. The third-order valence-corrected chi connectivity index (χ3v) is 5.22. The van der Waals surface area contributed by atoms with E-state index in [9.17, 15) is 0 Å². The molecule has 0 radical (unpaired) electrons. The maximum atomic E-state index is 4.65. The van der Waals surface area contributed by atoms with Crippen LogP contribution in [0.5, 0.6) is 0 Å². The predicted octanol–water partition coefficient (Wildman–Crippen LogP) is 3.49. The molecule has 1 aromatic heterocycles. The van der Waals surface area contributed by atoms with E-state index in [2.05, 4.69) is 83.1 Å². The molecule has 0 aliphatic heterocycles. The summed E-state index contributed by atoms with van der Waals surface area (Å²) in [4.78, 5) is 4.65. The van der Waals surface area contributed by atoms with Crippen LogP contribution in [0.15, 0.2) is 72.9 Å². The van der Waals surface area contributed by atoms with Gasteiger partial charge in [-0.3, -0.25) is 4.98 Å². The number of hydrogen-bond donors (Lipinski definition) is 0. The van der Waals surface area contributed by atoms with Gasteiger partial charge in [-0.25, -0.2) is 0 Å². The summed E-state index contributed by atoms with van der Waals surface area (Å²) in [6, 6.07) is 23.4. The summed E-state index contributed by atoms with van der Waals surface area (Å²) in [7, 11) is 4.63. The van der Waals surface area contributed by atoms with Crippen molar-refractivity contribution >= 4 is 15.7 Å². The second-order valence-corrected chi connectivity index (χ2v) is 7.26. The lowest BCUT2D eigenvalue weighted by molar-refractivity contribution is 0.570. The van der Waals surface area contributed by atoms with Gasteiger partial charge in [0.25, 0.3) is 0 Å². The van der Waals surface area contributed by atoms with E-state index in [0.717, 1.165) is 16.8 Å². The average Bonchev–Trinajstić information content (AvgIpc) is 2.62. The highest BCUT2D eigenvalue weighted by molar-refractivity contribution is 6.40. The predicted molar refractivity (Wildman–Crippen MR) is 109 cm³/mol. The minimum absolute atomic E-state index is 0.160. The number of benzene rings is 2. The molecule has 2 aromatic carbocycles. The highest BCUT2D eigenvalue weighted by Gasteiger charge is 2.24. The van der Waals surface area contributed by atoms with Crippen LogP contribution in [0.25, 0.3) is 22.4 Å². The van der Waals surface area contributed by atoms with Crippen LogP contribution >= 0.6 is 0 Å². The van der Waals surface area contributed by atoms with Gasteiger partial charge in [-0.05, 0) is 11.6 Å². The minimum Gasteiger partial charge on any atom is -0.256 e. The van der Waals surface area contributed by atoms with Crippen molar-refractivity contribution in [1.29, 1.82) is 0 Å². The lowest BCUT2D eigenvalue weighted by atomic mass is 9.46. The summed E-state index contributed by atoms with van der Waals surface area (Å²) >= 11 is 0. The zero-order valence-corrected chi connectivity index (χ0v) is 15.0. The molecule has 0 amide bonds. The number of hydrogen-bond acceptors (Lipinski definition) is 1. The summed E-state index contributed by atoms with van der Waals surface area (Å²) in [5.74, 6) is 0.589. The van der Waals surface area contributed by atoms with Crippen LogP contribution in [0.2, 0.25) is 0 Å². The summed E-state index contributed by atoms with van der Waals surface area (Å²) in [6.07, 6.45) is 1.98. The van der Waals surface area contributed by atoms with Gasteiger partial charge in [-0.1, -0.05) is 91.2 Å². The summed E-state index contributed by atoms with van der Waals surface area (Å²) < 4.78 is 0. The molecule has 1 nitrogen and oxygen atoms in total. The van der Waals surface area contributed by atoms with E-state index >= 15 is 0 Å². The second kappa shape index (κ2) is 6.68. The number of rotatable bonds is 4. The molecular formula is C21H23B2N. The molecule has 3 rings (SSSR count). The van der Waals surface area contributed by atoms with Crippen molar-refractivity contribution in [3.8, 4) is 22.4 Å². The van der Waals surface area contributed by atoms with Crippen LogP contribution in [-0.2, 0) is 5.21 Å². The van der Waals surface area contributed by atoms with E-state index in [-0.39, 0.29) is 5.21 Å². The van der Waals surface area contributed by atoms with Crippen molar-refractivity contribution in [1.82, 2.24) is 4.98 Å². The van der Waals surface area contributed by atoms with Crippen molar-refractivity contribution < 1.29 is 0 Å².